The van der Waals surface area contributed by atoms with Crippen LogP contribution in [-0.4, -0.2) is 84.0 Å². The first kappa shape index (κ1) is 22.9. The van der Waals surface area contributed by atoms with Crippen molar-refractivity contribution >= 4 is 23.6 Å². The third kappa shape index (κ3) is 6.88. The molecule has 0 aliphatic carbocycles. The zero-order chi connectivity index (χ0) is 22.1. The Labute approximate surface area is 184 Å². The molecule has 1 atom stereocenters. The lowest BCUT2D eigenvalue weighted by Crippen LogP contribution is -2.50. The second-order valence-corrected chi connectivity index (χ2v) is 7.46. The molecule has 2 aromatic heterocycles. The molecule has 0 spiro atoms. The van der Waals surface area contributed by atoms with E-state index in [1.807, 2.05) is 6.26 Å². The number of carbonyl (C=O) groups excluding carboxylic acids is 2. The Morgan fingerprint density at radius 1 is 1.39 bits per heavy atom. The molecular weight excluding hydrogens is 422 g/mol. The van der Waals surface area contributed by atoms with Crippen LogP contribution in [0, 0.1) is 0 Å². The summed E-state index contributed by atoms with van der Waals surface area (Å²) in [7, 11) is 1.60. The van der Waals surface area contributed by atoms with Crippen LogP contribution in [0.4, 0.5) is 0 Å². The zero-order valence-electron chi connectivity index (χ0n) is 17.4. The fourth-order valence-electron chi connectivity index (χ4n) is 2.93. The van der Waals surface area contributed by atoms with Gasteiger partial charge in [-0.15, -0.1) is 0 Å². The smallest absolute Gasteiger partial charge is 0.253 e. The first-order chi connectivity index (χ1) is 15.1. The van der Waals surface area contributed by atoms with Gasteiger partial charge in [0.2, 0.25) is 11.8 Å². The van der Waals surface area contributed by atoms with Gasteiger partial charge in [-0.25, -0.2) is 4.98 Å². The predicted octanol–water partition coefficient (Wildman–Crippen LogP) is 0.776. The number of pyridine rings is 1. The van der Waals surface area contributed by atoms with Crippen LogP contribution >= 0.6 is 11.8 Å². The van der Waals surface area contributed by atoms with E-state index in [0.29, 0.717) is 42.9 Å². The molecule has 3 heterocycles. The number of methoxy groups -OCH3 is 1. The van der Waals surface area contributed by atoms with Gasteiger partial charge in [-0.05, 0) is 18.4 Å². The Hall–Kier alpha value is -2.76. The van der Waals surface area contributed by atoms with Crippen molar-refractivity contribution < 1.29 is 23.8 Å². The predicted molar refractivity (Wildman–Crippen MR) is 113 cm³/mol. The summed E-state index contributed by atoms with van der Waals surface area (Å²) in [4.78, 5) is 38.9. The average molecular weight is 448 g/mol. The molecule has 31 heavy (non-hydrogen) atoms. The number of ether oxygens (including phenoxy) is 3. The SMILES string of the molecule is COCc1cc(OCC2CN(C(=O)CNC(=O)c3cccnc3)CCO2)nc(SC)n1. The van der Waals surface area contributed by atoms with Crippen molar-refractivity contribution in [3.05, 3.63) is 41.9 Å². The molecule has 2 aromatic rings. The zero-order valence-corrected chi connectivity index (χ0v) is 18.3. The lowest BCUT2D eigenvalue weighted by molar-refractivity contribution is -0.138. The third-order valence-electron chi connectivity index (χ3n) is 4.44. The van der Waals surface area contributed by atoms with Crippen molar-refractivity contribution in [3.63, 3.8) is 0 Å². The number of hydrogen-bond acceptors (Lipinski definition) is 9. The van der Waals surface area contributed by atoms with Crippen molar-refractivity contribution in [3.8, 4) is 5.88 Å². The Morgan fingerprint density at radius 3 is 3.00 bits per heavy atom. The standard InChI is InChI=1S/C20H25N5O5S/c1-28-12-15-8-17(24-20(23-15)31-2)30-13-16-11-25(6-7-29-16)18(26)10-22-19(27)14-4-3-5-21-9-14/h3-5,8-9,16H,6-7,10-13H2,1-2H3,(H,22,27). The highest BCUT2D eigenvalue weighted by Gasteiger charge is 2.25. The van der Waals surface area contributed by atoms with Crippen LogP contribution in [0.15, 0.2) is 35.7 Å². The molecule has 166 valence electrons. The number of rotatable bonds is 9. The lowest BCUT2D eigenvalue weighted by Gasteiger charge is -2.32. The topological polar surface area (TPSA) is 116 Å². The van der Waals surface area contributed by atoms with E-state index in [1.165, 1.54) is 18.0 Å². The third-order valence-corrected chi connectivity index (χ3v) is 4.99. The molecule has 1 fully saturated rings. The first-order valence-corrected chi connectivity index (χ1v) is 10.9. The van der Waals surface area contributed by atoms with Crippen molar-refractivity contribution in [1.29, 1.82) is 0 Å². The first-order valence-electron chi connectivity index (χ1n) is 9.70. The van der Waals surface area contributed by atoms with Crippen LogP contribution in [0.3, 0.4) is 0 Å². The molecule has 3 rings (SSSR count). The molecule has 0 saturated carbocycles. The molecule has 11 heteroatoms. The van der Waals surface area contributed by atoms with Gasteiger partial charge in [-0.1, -0.05) is 11.8 Å². The van der Waals surface area contributed by atoms with E-state index in [4.69, 9.17) is 14.2 Å². The van der Waals surface area contributed by atoms with Crippen LogP contribution in [0.2, 0.25) is 0 Å². The highest BCUT2D eigenvalue weighted by molar-refractivity contribution is 7.98. The van der Waals surface area contributed by atoms with Crippen molar-refractivity contribution in [2.75, 3.05) is 46.2 Å². The monoisotopic (exact) mass is 447 g/mol. The fourth-order valence-corrected chi connectivity index (χ4v) is 3.32. The molecule has 0 aromatic carbocycles. The molecule has 0 bridgehead atoms. The Balaban J connectivity index is 1.49. The van der Waals surface area contributed by atoms with E-state index in [1.54, 1.807) is 36.4 Å². The summed E-state index contributed by atoms with van der Waals surface area (Å²) >= 11 is 1.41. The summed E-state index contributed by atoms with van der Waals surface area (Å²) in [5.41, 5.74) is 1.13. The largest absolute Gasteiger partial charge is 0.475 e. The van der Waals surface area contributed by atoms with E-state index in [9.17, 15) is 9.59 Å². The minimum atomic E-state index is -0.338. The van der Waals surface area contributed by atoms with E-state index in [0.717, 1.165) is 5.69 Å². The summed E-state index contributed by atoms with van der Waals surface area (Å²) in [6.45, 7) is 1.73. The van der Waals surface area contributed by atoms with Crippen LogP contribution in [0.25, 0.3) is 0 Å². The summed E-state index contributed by atoms with van der Waals surface area (Å²) in [6, 6.07) is 5.03. The van der Waals surface area contributed by atoms with Gasteiger partial charge >= 0.3 is 0 Å². The van der Waals surface area contributed by atoms with E-state index in [-0.39, 0.29) is 31.1 Å². The molecule has 2 amide bonds. The number of thioether (sulfide) groups is 1. The van der Waals surface area contributed by atoms with Crippen molar-refractivity contribution in [2.24, 2.45) is 0 Å². The number of nitrogens with one attached hydrogen (secondary N) is 1. The number of aromatic nitrogens is 3. The molecule has 1 saturated heterocycles. The highest BCUT2D eigenvalue weighted by atomic mass is 32.2. The summed E-state index contributed by atoms with van der Waals surface area (Å²) in [5.74, 6) is -0.0865. The number of amides is 2. The Bertz CT molecular complexity index is 886. The minimum absolute atomic E-state index is 0.0926. The maximum Gasteiger partial charge on any atom is 0.253 e. The number of carbonyl (C=O) groups is 2. The number of hydrogen-bond donors (Lipinski definition) is 1. The molecule has 10 nitrogen and oxygen atoms in total. The maximum atomic E-state index is 12.5. The summed E-state index contributed by atoms with van der Waals surface area (Å²) in [5, 5.41) is 3.22. The van der Waals surface area contributed by atoms with E-state index >= 15 is 0 Å². The molecule has 1 unspecified atom stereocenters. The van der Waals surface area contributed by atoms with Crippen molar-refractivity contribution in [1.82, 2.24) is 25.2 Å². The van der Waals surface area contributed by atoms with Gasteiger partial charge in [-0.2, -0.15) is 4.98 Å². The van der Waals surface area contributed by atoms with Crippen LogP contribution in [0.1, 0.15) is 16.1 Å². The summed E-state index contributed by atoms with van der Waals surface area (Å²) in [6.07, 6.45) is 4.62. The van der Waals surface area contributed by atoms with Crippen LogP contribution < -0.4 is 10.1 Å². The number of nitrogens with zero attached hydrogens (tertiary/aromatic N) is 4. The minimum Gasteiger partial charge on any atom is -0.475 e. The lowest BCUT2D eigenvalue weighted by atomic mass is 10.2. The normalized spacial score (nSPS) is 16.1. The van der Waals surface area contributed by atoms with Gasteiger partial charge in [0.15, 0.2) is 5.16 Å². The second-order valence-electron chi connectivity index (χ2n) is 6.69. The van der Waals surface area contributed by atoms with E-state index in [2.05, 4.69) is 20.3 Å². The van der Waals surface area contributed by atoms with Gasteiger partial charge in [0, 0.05) is 32.1 Å². The second kappa shape index (κ2) is 11.6. The van der Waals surface area contributed by atoms with Gasteiger partial charge < -0.3 is 24.4 Å². The molecule has 1 aliphatic rings. The van der Waals surface area contributed by atoms with Crippen LogP contribution in [-0.2, 0) is 20.9 Å². The van der Waals surface area contributed by atoms with Crippen LogP contribution in [0.5, 0.6) is 5.88 Å². The van der Waals surface area contributed by atoms with Gasteiger partial charge in [0.25, 0.3) is 5.91 Å². The Kier molecular flexibility index (Phi) is 8.56. The molecule has 0 radical (unpaired) electrons. The summed E-state index contributed by atoms with van der Waals surface area (Å²) < 4.78 is 16.6. The molecule has 1 aliphatic heterocycles. The number of morpholine rings is 1. The Morgan fingerprint density at radius 2 is 2.26 bits per heavy atom. The van der Waals surface area contributed by atoms with Crippen molar-refractivity contribution in [2.45, 2.75) is 17.9 Å². The quantitative estimate of drug-likeness (QED) is 0.440. The average Bonchev–Trinajstić information content (AvgIpc) is 2.81. The van der Waals surface area contributed by atoms with E-state index < -0.39 is 0 Å². The molecular formula is C20H25N5O5S. The highest BCUT2D eigenvalue weighted by Crippen LogP contribution is 2.17. The van der Waals surface area contributed by atoms with Gasteiger partial charge in [0.05, 0.1) is 37.6 Å². The molecule has 1 N–H and O–H groups in total. The fraction of sp³-hybridized carbons (Fsp3) is 0.450. The van der Waals surface area contributed by atoms with Gasteiger partial charge in [0.1, 0.15) is 12.7 Å². The maximum absolute atomic E-state index is 12.5. The van der Waals surface area contributed by atoms with Gasteiger partial charge in [-0.3, -0.25) is 14.6 Å².